The van der Waals surface area contributed by atoms with Crippen molar-refractivity contribution in [1.29, 1.82) is 0 Å². The fourth-order valence-electron chi connectivity index (χ4n) is 3.63. The number of hydrogen-bond donors (Lipinski definition) is 2. The summed E-state index contributed by atoms with van der Waals surface area (Å²) in [6.45, 7) is 3.96. The van der Waals surface area contributed by atoms with Gasteiger partial charge in [0, 0.05) is 17.8 Å². The molecule has 2 N–H and O–H groups in total. The van der Waals surface area contributed by atoms with E-state index < -0.39 is 12.1 Å². The van der Waals surface area contributed by atoms with E-state index in [4.69, 9.17) is 0 Å². The molecule has 1 aromatic heterocycles. The lowest BCUT2D eigenvalue weighted by molar-refractivity contribution is -0.118. The maximum atomic E-state index is 12.5. The average molecular weight is 382 g/mol. The number of amides is 1. The summed E-state index contributed by atoms with van der Waals surface area (Å²) in [4.78, 5) is 27.3. The Morgan fingerprint density at radius 2 is 1.92 bits per heavy atom. The van der Waals surface area contributed by atoms with E-state index in [9.17, 15) is 19.8 Å². The van der Waals surface area contributed by atoms with Crippen LogP contribution in [0, 0.1) is 0 Å². The van der Waals surface area contributed by atoms with Gasteiger partial charge in [-0.2, -0.15) is 0 Å². The van der Waals surface area contributed by atoms with Crippen LogP contribution >= 0.6 is 11.3 Å². The Kier molecular flexibility index (Phi) is 8.10. The molecular weight excluding hydrogens is 350 g/mol. The van der Waals surface area contributed by atoms with Crippen LogP contribution in [-0.4, -0.2) is 34.7 Å². The van der Waals surface area contributed by atoms with Gasteiger partial charge < -0.3 is 15.1 Å². The summed E-state index contributed by atoms with van der Waals surface area (Å²) >= 11 is 1.34. The highest BCUT2D eigenvalue weighted by molar-refractivity contribution is 7.14. The first-order chi connectivity index (χ1) is 12.4. The van der Waals surface area contributed by atoms with Crippen molar-refractivity contribution < 1.29 is 19.8 Å². The molecular formula is C20H31NO4S. The largest absolute Gasteiger partial charge is 0.477 e. The van der Waals surface area contributed by atoms with Crippen LogP contribution in [0.1, 0.15) is 92.1 Å². The minimum Gasteiger partial charge on any atom is -0.477 e. The monoisotopic (exact) mass is 381 g/mol. The van der Waals surface area contributed by atoms with Crippen molar-refractivity contribution in [2.45, 2.75) is 83.7 Å². The molecule has 1 atom stereocenters. The second-order valence-corrected chi connectivity index (χ2v) is 8.33. The zero-order valence-corrected chi connectivity index (χ0v) is 16.7. The van der Waals surface area contributed by atoms with Gasteiger partial charge in [-0.15, -0.1) is 11.3 Å². The van der Waals surface area contributed by atoms with Crippen LogP contribution in [0.25, 0.3) is 0 Å². The third-order valence-electron chi connectivity index (χ3n) is 5.08. The van der Waals surface area contributed by atoms with Crippen molar-refractivity contribution in [3.63, 3.8) is 0 Å². The van der Waals surface area contributed by atoms with Gasteiger partial charge in [0.1, 0.15) is 4.88 Å². The van der Waals surface area contributed by atoms with Crippen LogP contribution in [0.3, 0.4) is 0 Å². The summed E-state index contributed by atoms with van der Waals surface area (Å²) in [7, 11) is 0. The molecule has 0 aliphatic heterocycles. The topological polar surface area (TPSA) is 77.8 Å². The van der Waals surface area contributed by atoms with E-state index in [1.165, 1.54) is 37.0 Å². The molecule has 26 heavy (non-hydrogen) atoms. The Balaban J connectivity index is 2.29. The Morgan fingerprint density at radius 3 is 2.46 bits per heavy atom. The summed E-state index contributed by atoms with van der Waals surface area (Å²) in [5, 5.41) is 19.2. The van der Waals surface area contributed by atoms with Crippen LogP contribution in [0.5, 0.6) is 0 Å². The third kappa shape index (κ3) is 5.55. The van der Waals surface area contributed by atoms with E-state index in [1.807, 2.05) is 6.07 Å². The first-order valence-electron chi connectivity index (χ1n) is 9.79. The lowest BCUT2D eigenvalue weighted by Crippen LogP contribution is -2.32. The van der Waals surface area contributed by atoms with Crippen LogP contribution in [0.15, 0.2) is 6.07 Å². The Labute approximate surface area is 160 Å². The Bertz CT molecular complexity index is 603. The van der Waals surface area contributed by atoms with Gasteiger partial charge in [0.15, 0.2) is 0 Å². The van der Waals surface area contributed by atoms with Crippen molar-refractivity contribution in [3.8, 4) is 0 Å². The number of aromatic carboxylic acids is 1. The van der Waals surface area contributed by atoms with Crippen molar-refractivity contribution >= 4 is 28.9 Å². The van der Waals surface area contributed by atoms with E-state index in [-0.39, 0.29) is 10.8 Å². The second kappa shape index (κ2) is 10.1. The normalized spacial score (nSPS) is 16.9. The van der Waals surface area contributed by atoms with Crippen molar-refractivity contribution in [2.24, 2.45) is 0 Å². The molecule has 1 heterocycles. The van der Waals surface area contributed by atoms with Crippen LogP contribution in [-0.2, 0) is 4.79 Å². The van der Waals surface area contributed by atoms with E-state index in [0.717, 1.165) is 17.7 Å². The van der Waals surface area contributed by atoms with Crippen molar-refractivity contribution in [2.75, 3.05) is 11.4 Å². The molecule has 2 rings (SSSR count). The standard InChI is InChI=1S/C20H31NO4S/c1-3-18(23)21(12-8-9-14(2)22)16-13-17(26-19(16)20(24)25)15-10-6-4-5-7-11-15/h13-15,22H,3-12H2,1-2H3,(H,24,25). The number of aliphatic hydroxyl groups is 1. The van der Waals surface area contributed by atoms with Gasteiger partial charge in [0.2, 0.25) is 5.91 Å². The lowest BCUT2D eigenvalue weighted by atomic mass is 9.98. The smallest absolute Gasteiger partial charge is 0.348 e. The lowest BCUT2D eigenvalue weighted by Gasteiger charge is -2.22. The Hall–Kier alpha value is -1.40. The summed E-state index contributed by atoms with van der Waals surface area (Å²) in [5.41, 5.74) is 0.541. The highest BCUT2D eigenvalue weighted by Gasteiger charge is 2.27. The fourth-order valence-corrected chi connectivity index (χ4v) is 4.80. The molecule has 1 aromatic rings. The fraction of sp³-hybridized carbons (Fsp3) is 0.700. The summed E-state index contributed by atoms with van der Waals surface area (Å²) < 4.78 is 0. The first kappa shape index (κ1) is 20.9. The SMILES string of the molecule is CCC(=O)N(CCCC(C)O)c1cc(C2CCCCCC2)sc1C(=O)O. The van der Waals surface area contributed by atoms with E-state index in [0.29, 0.717) is 37.4 Å². The zero-order valence-electron chi connectivity index (χ0n) is 15.9. The number of thiophene rings is 1. The minimum absolute atomic E-state index is 0.0664. The molecule has 1 saturated carbocycles. The number of aliphatic hydroxyl groups excluding tert-OH is 1. The maximum Gasteiger partial charge on any atom is 0.348 e. The van der Waals surface area contributed by atoms with E-state index in [2.05, 4.69) is 0 Å². The number of carboxylic acids is 1. The van der Waals surface area contributed by atoms with Crippen LogP contribution < -0.4 is 4.90 Å². The van der Waals surface area contributed by atoms with Crippen LogP contribution in [0.2, 0.25) is 0 Å². The summed E-state index contributed by atoms with van der Waals surface area (Å²) in [6.07, 6.45) is 8.23. The maximum absolute atomic E-state index is 12.5. The van der Waals surface area contributed by atoms with Crippen LogP contribution in [0.4, 0.5) is 5.69 Å². The van der Waals surface area contributed by atoms with Gasteiger partial charge in [0.25, 0.3) is 0 Å². The number of rotatable bonds is 8. The molecule has 0 bridgehead atoms. The van der Waals surface area contributed by atoms with Gasteiger partial charge in [-0.1, -0.05) is 32.6 Å². The molecule has 1 amide bonds. The van der Waals surface area contributed by atoms with Crippen molar-refractivity contribution in [3.05, 3.63) is 15.8 Å². The molecule has 0 radical (unpaired) electrons. The molecule has 0 saturated heterocycles. The molecule has 5 nitrogen and oxygen atoms in total. The quantitative estimate of drug-likeness (QED) is 0.635. The molecule has 6 heteroatoms. The number of carbonyl (C=O) groups excluding carboxylic acids is 1. The predicted octanol–water partition coefficient (Wildman–Crippen LogP) is 4.79. The highest BCUT2D eigenvalue weighted by Crippen LogP contribution is 2.40. The molecule has 1 aliphatic rings. The van der Waals surface area contributed by atoms with Gasteiger partial charge >= 0.3 is 5.97 Å². The predicted molar refractivity (Wildman–Crippen MR) is 105 cm³/mol. The highest BCUT2D eigenvalue weighted by atomic mass is 32.1. The summed E-state index contributed by atoms with van der Waals surface area (Å²) in [6, 6.07) is 1.94. The molecule has 1 aliphatic carbocycles. The zero-order chi connectivity index (χ0) is 19.1. The minimum atomic E-state index is -0.964. The van der Waals surface area contributed by atoms with Crippen molar-refractivity contribution in [1.82, 2.24) is 0 Å². The number of anilines is 1. The van der Waals surface area contributed by atoms with Gasteiger partial charge in [-0.25, -0.2) is 4.79 Å². The van der Waals surface area contributed by atoms with E-state index >= 15 is 0 Å². The number of carboxylic acid groups (broad SMARTS) is 1. The first-order valence-corrected chi connectivity index (χ1v) is 10.6. The molecule has 1 unspecified atom stereocenters. The third-order valence-corrected chi connectivity index (χ3v) is 6.36. The average Bonchev–Trinajstić information content (AvgIpc) is 2.85. The van der Waals surface area contributed by atoms with Gasteiger partial charge in [-0.3, -0.25) is 4.79 Å². The number of hydrogen-bond acceptors (Lipinski definition) is 4. The Morgan fingerprint density at radius 1 is 1.27 bits per heavy atom. The number of nitrogens with zero attached hydrogens (tertiary/aromatic N) is 1. The number of carbonyl (C=O) groups is 2. The molecule has 0 spiro atoms. The summed E-state index contributed by atoms with van der Waals surface area (Å²) in [5.74, 6) is -0.622. The molecule has 0 aromatic carbocycles. The molecule has 146 valence electrons. The van der Waals surface area contributed by atoms with Gasteiger partial charge in [0.05, 0.1) is 11.8 Å². The van der Waals surface area contributed by atoms with E-state index in [1.54, 1.807) is 18.7 Å². The molecule has 1 fully saturated rings. The second-order valence-electron chi connectivity index (χ2n) is 7.25. The van der Waals surface area contributed by atoms with Gasteiger partial charge in [-0.05, 0) is 44.6 Å².